The second kappa shape index (κ2) is 9.85. The standard InChI is InChI=1S/C24H36FN3O4/c1-5-6-18(28-21(31)12-25)20(30)14-26-19-11-24(9-16(29)10-24)32-22-17(19)7-15(13-27-22)8-23(2,3)4/h5,7,13,16,18-20,26,29-30H,1,6,8-12,14H2,2-4H3,(H,28,31)/t16-,18-,19-,20+,24+/m0/s1. The van der Waals surface area contributed by atoms with Crippen LogP contribution >= 0.6 is 0 Å². The Morgan fingerprint density at radius 3 is 2.75 bits per heavy atom. The molecule has 0 radical (unpaired) electrons. The Labute approximate surface area is 189 Å². The Balaban J connectivity index is 1.77. The van der Waals surface area contributed by atoms with Gasteiger partial charge in [-0.1, -0.05) is 26.8 Å². The Morgan fingerprint density at radius 2 is 2.16 bits per heavy atom. The van der Waals surface area contributed by atoms with E-state index >= 15 is 0 Å². The summed E-state index contributed by atoms with van der Waals surface area (Å²) >= 11 is 0. The van der Waals surface area contributed by atoms with Crippen LogP contribution in [0.15, 0.2) is 24.9 Å². The first-order valence-corrected chi connectivity index (χ1v) is 11.3. The third-order valence-corrected chi connectivity index (χ3v) is 6.08. The molecule has 0 aromatic carbocycles. The number of hydrogen-bond acceptors (Lipinski definition) is 6. The number of nitrogens with zero attached hydrogens (tertiary/aromatic N) is 1. The predicted octanol–water partition coefficient (Wildman–Crippen LogP) is 2.37. The van der Waals surface area contributed by atoms with E-state index < -0.39 is 30.3 Å². The molecule has 1 amide bonds. The number of carbonyl (C=O) groups excluding carboxylic acids is 1. The van der Waals surface area contributed by atoms with Crippen LogP contribution in [-0.2, 0) is 11.2 Å². The summed E-state index contributed by atoms with van der Waals surface area (Å²) in [6, 6.07) is 1.34. The maximum absolute atomic E-state index is 12.6. The van der Waals surface area contributed by atoms with Gasteiger partial charge >= 0.3 is 0 Å². The van der Waals surface area contributed by atoms with Crippen molar-refractivity contribution in [2.45, 2.75) is 82.8 Å². The molecule has 32 heavy (non-hydrogen) atoms. The quantitative estimate of drug-likeness (QED) is 0.432. The molecule has 0 bridgehead atoms. The van der Waals surface area contributed by atoms with Crippen molar-refractivity contribution in [1.82, 2.24) is 15.6 Å². The summed E-state index contributed by atoms with van der Waals surface area (Å²) in [7, 11) is 0. The van der Waals surface area contributed by atoms with Gasteiger partial charge in [-0.2, -0.15) is 0 Å². The molecule has 1 aliphatic heterocycles. The number of aromatic nitrogens is 1. The summed E-state index contributed by atoms with van der Waals surface area (Å²) in [4.78, 5) is 16.1. The van der Waals surface area contributed by atoms with Crippen LogP contribution in [-0.4, -0.2) is 58.2 Å². The minimum atomic E-state index is -1.13. The van der Waals surface area contributed by atoms with Gasteiger partial charge in [0.1, 0.15) is 5.60 Å². The Hall–Kier alpha value is -2.03. The molecule has 1 spiro atoms. The highest BCUT2D eigenvalue weighted by atomic mass is 19.1. The van der Waals surface area contributed by atoms with Crippen molar-refractivity contribution in [1.29, 1.82) is 0 Å². The average Bonchev–Trinajstić information content (AvgIpc) is 2.69. The molecule has 4 N–H and O–H groups in total. The lowest BCUT2D eigenvalue weighted by Crippen LogP contribution is -2.56. The van der Waals surface area contributed by atoms with Crippen LogP contribution in [0.5, 0.6) is 5.88 Å². The maximum Gasteiger partial charge on any atom is 0.251 e. The smallest absolute Gasteiger partial charge is 0.251 e. The first kappa shape index (κ1) is 24.6. The van der Waals surface area contributed by atoms with Crippen molar-refractivity contribution in [3.8, 4) is 5.88 Å². The van der Waals surface area contributed by atoms with Gasteiger partial charge in [-0.05, 0) is 29.9 Å². The Bertz CT molecular complexity index is 820. The van der Waals surface area contributed by atoms with Crippen LogP contribution in [0.4, 0.5) is 4.39 Å². The summed E-state index contributed by atoms with van der Waals surface area (Å²) in [5.41, 5.74) is 1.68. The van der Waals surface area contributed by atoms with E-state index in [4.69, 9.17) is 4.74 Å². The number of amides is 1. The topological polar surface area (TPSA) is 104 Å². The fourth-order valence-corrected chi connectivity index (χ4v) is 4.66. The van der Waals surface area contributed by atoms with Crippen LogP contribution in [0, 0.1) is 5.41 Å². The Morgan fingerprint density at radius 1 is 1.44 bits per heavy atom. The third kappa shape index (κ3) is 6.05. The molecule has 0 unspecified atom stereocenters. The van der Waals surface area contributed by atoms with E-state index in [-0.39, 0.29) is 24.1 Å². The van der Waals surface area contributed by atoms with Gasteiger partial charge in [0.05, 0.1) is 18.2 Å². The van der Waals surface area contributed by atoms with Crippen LogP contribution in [0.25, 0.3) is 0 Å². The van der Waals surface area contributed by atoms with Gasteiger partial charge in [0.25, 0.3) is 5.91 Å². The summed E-state index contributed by atoms with van der Waals surface area (Å²) in [6.07, 6.45) is 5.05. The lowest BCUT2D eigenvalue weighted by molar-refractivity contribution is -0.123. The SMILES string of the molecule is C=CC[C@H](NC(=O)CF)[C@H](O)CN[C@H]1C[C@]2(C[C@H](O)C2)Oc2ncc(CC(C)(C)C)cc21. The third-order valence-electron chi connectivity index (χ3n) is 6.08. The molecule has 1 aromatic heterocycles. The molecule has 2 aliphatic rings. The number of ether oxygens (including phenoxy) is 1. The van der Waals surface area contributed by atoms with Gasteiger partial charge in [-0.25, -0.2) is 9.37 Å². The van der Waals surface area contributed by atoms with Crippen LogP contribution < -0.4 is 15.4 Å². The van der Waals surface area contributed by atoms with E-state index in [1.165, 1.54) is 0 Å². The number of rotatable bonds is 9. The van der Waals surface area contributed by atoms with Crippen molar-refractivity contribution < 1.29 is 24.1 Å². The molecule has 0 saturated heterocycles. The van der Waals surface area contributed by atoms with Crippen molar-refractivity contribution >= 4 is 5.91 Å². The number of fused-ring (bicyclic) bond motifs is 1. The number of carbonyl (C=O) groups is 1. The average molecular weight is 450 g/mol. The molecule has 3 rings (SSSR count). The second-order valence-corrected chi connectivity index (χ2v) is 10.4. The fraction of sp³-hybridized carbons (Fsp3) is 0.667. The zero-order valence-corrected chi connectivity index (χ0v) is 19.2. The molecule has 8 heteroatoms. The van der Waals surface area contributed by atoms with Gasteiger partial charge in [0.2, 0.25) is 5.88 Å². The fourth-order valence-electron chi connectivity index (χ4n) is 4.66. The number of nitrogens with one attached hydrogen (secondary N) is 2. The molecular weight excluding hydrogens is 413 g/mol. The van der Waals surface area contributed by atoms with Crippen molar-refractivity contribution in [3.63, 3.8) is 0 Å². The van der Waals surface area contributed by atoms with E-state index in [1.807, 2.05) is 6.20 Å². The monoisotopic (exact) mass is 449 g/mol. The summed E-state index contributed by atoms with van der Waals surface area (Å²) in [6.45, 7) is 9.23. The number of halogens is 1. The number of aliphatic hydroxyl groups excluding tert-OH is 2. The molecule has 7 nitrogen and oxygen atoms in total. The minimum Gasteiger partial charge on any atom is -0.471 e. The zero-order valence-electron chi connectivity index (χ0n) is 19.2. The summed E-state index contributed by atoms with van der Waals surface area (Å²) < 4.78 is 18.8. The maximum atomic E-state index is 12.6. The first-order valence-electron chi connectivity index (χ1n) is 11.3. The number of aliphatic hydroxyl groups is 2. The highest BCUT2D eigenvalue weighted by molar-refractivity contribution is 5.77. The van der Waals surface area contributed by atoms with Crippen molar-refractivity contribution in [3.05, 3.63) is 36.0 Å². The molecule has 2 heterocycles. The van der Waals surface area contributed by atoms with Crippen molar-refractivity contribution in [2.75, 3.05) is 13.2 Å². The largest absolute Gasteiger partial charge is 0.471 e. The molecular formula is C24H36FN3O4. The molecule has 1 aromatic rings. The van der Waals surface area contributed by atoms with E-state index in [2.05, 4.69) is 49.0 Å². The summed E-state index contributed by atoms with van der Waals surface area (Å²) in [5.74, 6) is -0.202. The van der Waals surface area contributed by atoms with Gasteiger partial charge in [-0.15, -0.1) is 6.58 Å². The molecule has 1 aliphatic carbocycles. The van der Waals surface area contributed by atoms with E-state index in [0.717, 1.165) is 17.5 Å². The lowest BCUT2D eigenvalue weighted by Gasteiger charge is -2.50. The molecule has 1 saturated carbocycles. The predicted molar refractivity (Wildman–Crippen MR) is 120 cm³/mol. The highest BCUT2D eigenvalue weighted by Crippen LogP contribution is 2.48. The van der Waals surface area contributed by atoms with Gasteiger partial charge < -0.3 is 25.6 Å². The number of hydrogen-bond donors (Lipinski definition) is 4. The highest BCUT2D eigenvalue weighted by Gasteiger charge is 2.51. The Kier molecular flexibility index (Phi) is 7.57. The second-order valence-electron chi connectivity index (χ2n) is 10.4. The van der Waals surface area contributed by atoms with Crippen LogP contribution in [0.2, 0.25) is 0 Å². The minimum absolute atomic E-state index is 0.108. The number of alkyl halides is 1. The lowest BCUT2D eigenvalue weighted by atomic mass is 9.71. The molecule has 178 valence electrons. The number of pyridine rings is 1. The van der Waals surface area contributed by atoms with E-state index in [1.54, 1.807) is 6.08 Å². The molecule has 3 atom stereocenters. The van der Waals surface area contributed by atoms with E-state index in [9.17, 15) is 19.4 Å². The zero-order chi connectivity index (χ0) is 23.5. The molecule has 1 fully saturated rings. The van der Waals surface area contributed by atoms with Crippen molar-refractivity contribution in [2.24, 2.45) is 5.41 Å². The van der Waals surface area contributed by atoms with Gasteiger partial charge in [-0.3, -0.25) is 4.79 Å². The summed E-state index contributed by atoms with van der Waals surface area (Å²) in [5, 5.41) is 26.5. The van der Waals surface area contributed by atoms with Crippen LogP contribution in [0.3, 0.4) is 0 Å². The van der Waals surface area contributed by atoms with Crippen LogP contribution in [0.1, 0.15) is 63.6 Å². The first-order chi connectivity index (χ1) is 15.0. The normalized spacial score (nSPS) is 26.4. The van der Waals surface area contributed by atoms with Gasteiger partial charge in [0, 0.05) is 43.6 Å². The van der Waals surface area contributed by atoms with E-state index in [0.29, 0.717) is 31.6 Å². The van der Waals surface area contributed by atoms with Gasteiger partial charge in [0.15, 0.2) is 6.67 Å².